The van der Waals surface area contributed by atoms with Crippen LogP contribution in [0.25, 0.3) is 10.9 Å². The second-order valence-electron chi connectivity index (χ2n) is 11.3. The van der Waals surface area contributed by atoms with E-state index in [1.807, 2.05) is 50.6 Å². The monoisotopic (exact) mass is 749 g/mol. The molecule has 1 aromatic carbocycles. The van der Waals surface area contributed by atoms with E-state index in [1.165, 1.54) is 6.92 Å². The number of hydrogen-bond donors (Lipinski definition) is 13. The molecule has 1 aromatic heterocycles. The largest absolute Gasteiger partial charge is 0.480 e. The Balaban J connectivity index is -0.000000580. The number of carboxylic acids is 5. The number of thioether (sulfide) groups is 1. The van der Waals surface area contributed by atoms with Crippen LogP contribution in [0.15, 0.2) is 30.5 Å². The van der Waals surface area contributed by atoms with Crippen LogP contribution in [0.2, 0.25) is 0 Å². The number of carboxylic acid groups (broad SMARTS) is 5. The van der Waals surface area contributed by atoms with Crippen molar-refractivity contribution in [1.29, 1.82) is 0 Å². The highest BCUT2D eigenvalue weighted by molar-refractivity contribution is 7.98. The highest BCUT2D eigenvalue weighted by Gasteiger charge is 2.18. The van der Waals surface area contributed by atoms with Crippen LogP contribution in [0.4, 0.5) is 0 Å². The molecule has 0 spiro atoms. The predicted octanol–water partition coefficient (Wildman–Crippen LogP) is 0.0245. The van der Waals surface area contributed by atoms with E-state index in [-0.39, 0.29) is 5.92 Å². The average Bonchev–Trinajstić information content (AvgIpc) is 3.49. The summed E-state index contributed by atoms with van der Waals surface area (Å²) in [5, 5.41) is 51.3. The third-order valence-corrected chi connectivity index (χ3v) is 7.66. The molecule has 19 heteroatoms. The summed E-state index contributed by atoms with van der Waals surface area (Å²) in [7, 11) is 0. The smallest absolute Gasteiger partial charge is 0.323 e. The van der Waals surface area contributed by atoms with E-state index in [9.17, 15) is 24.0 Å². The van der Waals surface area contributed by atoms with Crippen LogP contribution in [-0.2, 0) is 30.4 Å². The van der Waals surface area contributed by atoms with Gasteiger partial charge in [-0.3, -0.25) is 24.0 Å². The lowest BCUT2D eigenvalue weighted by molar-refractivity contribution is -0.141. The number of aromatic nitrogens is 1. The summed E-state index contributed by atoms with van der Waals surface area (Å²) >= 11 is 1.60. The second kappa shape index (κ2) is 29.9. The first kappa shape index (κ1) is 51.5. The molecule has 0 bridgehead atoms. The van der Waals surface area contributed by atoms with Gasteiger partial charge < -0.3 is 70.0 Å². The zero-order chi connectivity index (χ0) is 40.3. The van der Waals surface area contributed by atoms with Gasteiger partial charge in [0.25, 0.3) is 0 Å². The summed E-state index contributed by atoms with van der Waals surface area (Å²) in [5.74, 6) is -4.03. The van der Waals surface area contributed by atoms with Gasteiger partial charge >= 0.3 is 29.8 Å². The van der Waals surface area contributed by atoms with Gasteiger partial charge in [-0.15, -0.1) is 0 Å². The molecule has 0 aliphatic carbocycles. The number of hydrogen-bond acceptors (Lipinski definition) is 13. The van der Waals surface area contributed by atoms with Gasteiger partial charge in [-0.1, -0.05) is 44.9 Å². The number of aliphatic hydroxyl groups is 1. The lowest BCUT2D eigenvalue weighted by Gasteiger charge is -2.11. The molecule has 0 radical (unpaired) electrons. The normalized spacial score (nSPS) is 14.3. The van der Waals surface area contributed by atoms with Crippen LogP contribution in [-0.4, -0.2) is 120 Å². The summed E-state index contributed by atoms with van der Waals surface area (Å²) in [6.45, 7) is 5.69. The quantitative estimate of drug-likeness (QED) is 0.0948. The van der Waals surface area contributed by atoms with Crippen molar-refractivity contribution >= 4 is 52.5 Å². The number of rotatable bonds is 17. The van der Waals surface area contributed by atoms with Crippen LogP contribution in [0, 0.1) is 5.92 Å². The Morgan fingerprint density at radius 3 is 1.61 bits per heavy atom. The van der Waals surface area contributed by atoms with E-state index < -0.39 is 66.2 Å². The van der Waals surface area contributed by atoms with Crippen molar-refractivity contribution in [3.05, 3.63) is 36.0 Å². The molecule has 0 aliphatic rings. The number of benzene rings is 1. The Kier molecular flexibility index (Phi) is 30.2. The fraction of sp³-hybridized carbons (Fsp3) is 0.594. The number of nitrogens with two attached hydrogens (primary N) is 6. The fourth-order valence-electron chi connectivity index (χ4n) is 3.33. The summed E-state index contributed by atoms with van der Waals surface area (Å²) < 4.78 is 0. The number of carbonyl (C=O) groups is 5. The summed E-state index contributed by atoms with van der Waals surface area (Å²) in [6.07, 6.45) is 6.63. The Bertz CT molecular complexity index is 1280. The first-order valence-electron chi connectivity index (χ1n) is 16.0. The van der Waals surface area contributed by atoms with Gasteiger partial charge in [-0.25, -0.2) is 0 Å². The molecular formula is C32H59N7O11S. The zero-order valence-corrected chi connectivity index (χ0v) is 30.5. The van der Waals surface area contributed by atoms with Crippen molar-refractivity contribution < 1.29 is 54.6 Å². The number of fused-ring (bicyclic) bond motifs is 1. The minimum atomic E-state index is -1.18. The lowest BCUT2D eigenvalue weighted by atomic mass is 10.0. The van der Waals surface area contributed by atoms with Crippen LogP contribution in [0.1, 0.15) is 58.4 Å². The molecular weight excluding hydrogens is 690 g/mol. The Morgan fingerprint density at radius 1 is 0.745 bits per heavy atom. The highest BCUT2D eigenvalue weighted by Crippen LogP contribution is 2.18. The number of para-hydroxylation sites is 1. The third-order valence-electron chi connectivity index (χ3n) is 7.02. The maximum absolute atomic E-state index is 10.6. The van der Waals surface area contributed by atoms with Crippen molar-refractivity contribution in [3.63, 3.8) is 0 Å². The molecule has 7 atom stereocenters. The van der Waals surface area contributed by atoms with Gasteiger partial charge in [0.2, 0.25) is 0 Å². The molecule has 294 valence electrons. The number of aliphatic hydroxyl groups excluding tert-OH is 1. The van der Waals surface area contributed by atoms with Crippen molar-refractivity contribution in [2.75, 3.05) is 18.6 Å². The number of aliphatic carboxylic acids is 5. The van der Waals surface area contributed by atoms with Gasteiger partial charge in [-0.05, 0) is 62.3 Å². The molecule has 2 rings (SSSR count). The minimum absolute atomic E-state index is 0.0718. The predicted molar refractivity (Wildman–Crippen MR) is 197 cm³/mol. The van der Waals surface area contributed by atoms with Gasteiger partial charge in [0.05, 0.1) is 6.10 Å². The van der Waals surface area contributed by atoms with E-state index in [4.69, 9.17) is 65.0 Å². The Morgan fingerprint density at radius 2 is 1.24 bits per heavy atom. The molecule has 0 saturated carbocycles. The third kappa shape index (κ3) is 25.7. The number of H-pyrrole nitrogens is 1. The molecule has 0 saturated heterocycles. The molecule has 0 amide bonds. The Labute approximate surface area is 302 Å². The summed E-state index contributed by atoms with van der Waals surface area (Å²) in [6, 6.07) is 3.66. The average molecular weight is 750 g/mol. The van der Waals surface area contributed by atoms with Gasteiger partial charge in [0.15, 0.2) is 0 Å². The van der Waals surface area contributed by atoms with Crippen LogP contribution < -0.4 is 34.4 Å². The topological polar surface area (TPSA) is 379 Å². The summed E-state index contributed by atoms with van der Waals surface area (Å²) in [4.78, 5) is 53.9. The van der Waals surface area contributed by atoms with Crippen molar-refractivity contribution in [1.82, 2.24) is 4.98 Å². The number of nitrogens with one attached hydrogen (secondary N) is 1. The number of unbranched alkanes of at least 4 members (excludes halogenated alkanes) is 1. The van der Waals surface area contributed by atoms with Crippen LogP contribution >= 0.6 is 11.8 Å². The Hall–Kier alpha value is -3.82. The van der Waals surface area contributed by atoms with E-state index in [2.05, 4.69) is 4.98 Å². The van der Waals surface area contributed by atoms with E-state index >= 15 is 0 Å². The highest BCUT2D eigenvalue weighted by atomic mass is 32.2. The fourth-order valence-corrected chi connectivity index (χ4v) is 3.82. The standard InChI is InChI=1S/C11H12N2O2.C6H14N2O2.C6H13NO2.C5H11NO2S.C4H9NO3/c12-9(11(14)15)5-7-6-13-10-4-2-1-3-8(7)10;7-4-2-1-3-5(8)6(9)10;1-3-4(2)5(7)6(8)9;1-9-3-2-4(6)5(7)8;1-2(6)3(5)4(7)8/h1-4,6,9,13H,5,12H2,(H,14,15);5H,1-4,7-8H2,(H,9,10);4-5H,3,7H2,1-2H3,(H,8,9);4H,2-3,6H2,1H3,(H,7,8);2-3,6H,5H2,1H3,(H,7,8)/t9-;5-;4-,5-;4-;2-,3+/m00001/s1. The van der Waals surface area contributed by atoms with Crippen molar-refractivity contribution in [2.24, 2.45) is 40.3 Å². The molecule has 2 aromatic rings. The molecule has 19 N–H and O–H groups in total. The van der Waals surface area contributed by atoms with Crippen molar-refractivity contribution in [3.8, 4) is 0 Å². The van der Waals surface area contributed by atoms with E-state index in [0.29, 0.717) is 25.8 Å². The van der Waals surface area contributed by atoms with Gasteiger partial charge in [0, 0.05) is 23.5 Å². The molecule has 51 heavy (non-hydrogen) atoms. The maximum atomic E-state index is 10.6. The first-order valence-corrected chi connectivity index (χ1v) is 17.4. The molecule has 0 unspecified atom stereocenters. The van der Waals surface area contributed by atoms with E-state index in [1.54, 1.807) is 11.8 Å². The SMILES string of the molecule is CC[C@H](C)[C@H](N)C(=O)O.CSCC[C@H](N)C(=O)O.C[C@@H](O)[C@H](N)C(=O)O.NCCCC[C@H](N)C(=O)O.N[C@@H](Cc1c[nH]c2ccccc12)C(=O)O. The van der Waals surface area contributed by atoms with Crippen molar-refractivity contribution in [2.45, 2.75) is 95.6 Å². The number of aromatic amines is 1. The maximum Gasteiger partial charge on any atom is 0.323 e. The molecule has 0 aliphatic heterocycles. The summed E-state index contributed by atoms with van der Waals surface area (Å²) in [5.41, 5.74) is 33.2. The van der Waals surface area contributed by atoms with E-state index in [0.717, 1.165) is 41.5 Å². The van der Waals surface area contributed by atoms with Gasteiger partial charge in [-0.2, -0.15) is 11.8 Å². The lowest BCUT2D eigenvalue weighted by Crippen LogP contribution is -2.39. The molecule has 18 nitrogen and oxygen atoms in total. The molecule has 0 fully saturated rings. The first-order chi connectivity index (χ1) is 23.7. The molecule has 1 heterocycles. The zero-order valence-electron chi connectivity index (χ0n) is 29.7. The second-order valence-corrected chi connectivity index (χ2v) is 12.3. The van der Waals surface area contributed by atoms with Crippen LogP contribution in [0.3, 0.4) is 0 Å². The minimum Gasteiger partial charge on any atom is -0.480 e. The van der Waals surface area contributed by atoms with Crippen LogP contribution in [0.5, 0.6) is 0 Å². The van der Waals surface area contributed by atoms with Gasteiger partial charge in [0.1, 0.15) is 30.2 Å².